The first-order chi connectivity index (χ1) is 16.9. The molecular weight excluding hydrogens is 468 g/mol. The van der Waals surface area contributed by atoms with Crippen LogP contribution in [0.5, 0.6) is 0 Å². The van der Waals surface area contributed by atoms with Crippen LogP contribution in [0.4, 0.5) is 5.69 Å². The maximum atomic E-state index is 13.0. The molecule has 0 aliphatic carbocycles. The summed E-state index contributed by atoms with van der Waals surface area (Å²) in [5, 5.41) is 7.04. The summed E-state index contributed by atoms with van der Waals surface area (Å²) in [5.41, 5.74) is 1.71. The van der Waals surface area contributed by atoms with Crippen LogP contribution < -0.4 is 5.32 Å². The fourth-order valence-corrected chi connectivity index (χ4v) is 5.44. The minimum Gasteiger partial charge on any atom is -0.461 e. The molecule has 184 valence electrons. The number of carbonyl (C=O) groups is 2. The van der Waals surface area contributed by atoms with E-state index >= 15 is 0 Å². The number of anilines is 1. The second-order valence-corrected chi connectivity index (χ2v) is 10.2. The third-order valence-corrected chi connectivity index (χ3v) is 7.67. The van der Waals surface area contributed by atoms with Crippen molar-refractivity contribution >= 4 is 27.6 Å². The van der Waals surface area contributed by atoms with Gasteiger partial charge in [0.25, 0.3) is 5.91 Å². The summed E-state index contributed by atoms with van der Waals surface area (Å²) >= 11 is 0. The van der Waals surface area contributed by atoms with Crippen molar-refractivity contribution < 1.29 is 22.7 Å². The Morgan fingerprint density at radius 1 is 1.00 bits per heavy atom. The van der Waals surface area contributed by atoms with Gasteiger partial charge in [0, 0.05) is 30.5 Å². The van der Waals surface area contributed by atoms with Gasteiger partial charge in [-0.25, -0.2) is 17.9 Å². The quantitative estimate of drug-likeness (QED) is 0.497. The molecule has 0 bridgehead atoms. The molecule has 3 aromatic rings. The molecule has 1 saturated heterocycles. The molecule has 1 aliphatic heterocycles. The third-order valence-electron chi connectivity index (χ3n) is 5.76. The Hall–Kier alpha value is -3.50. The van der Waals surface area contributed by atoms with Gasteiger partial charge in [0.1, 0.15) is 0 Å². The van der Waals surface area contributed by atoms with Crippen molar-refractivity contribution in [1.29, 1.82) is 0 Å². The topological polar surface area (TPSA) is 111 Å². The van der Waals surface area contributed by atoms with E-state index in [4.69, 9.17) is 4.74 Å². The van der Waals surface area contributed by atoms with Crippen molar-refractivity contribution in [2.24, 2.45) is 0 Å². The predicted octanol–water partition coefficient (Wildman–Crippen LogP) is 3.87. The molecule has 0 atom stereocenters. The van der Waals surface area contributed by atoms with Crippen molar-refractivity contribution in [2.45, 2.75) is 37.5 Å². The maximum Gasteiger partial charge on any atom is 0.358 e. The lowest BCUT2D eigenvalue weighted by Gasteiger charge is -2.20. The number of nitrogens with zero attached hydrogens (tertiary/aromatic N) is 3. The van der Waals surface area contributed by atoms with Crippen molar-refractivity contribution in [3.63, 3.8) is 0 Å². The number of amides is 1. The lowest BCUT2D eigenvalue weighted by atomic mass is 10.2. The Balaban J connectivity index is 1.45. The van der Waals surface area contributed by atoms with Crippen molar-refractivity contribution in [3.8, 4) is 5.69 Å². The lowest BCUT2D eigenvalue weighted by molar-refractivity contribution is 0.0518. The molecule has 1 aromatic heterocycles. The molecule has 10 heteroatoms. The van der Waals surface area contributed by atoms with Crippen LogP contribution in [0, 0.1) is 0 Å². The Labute approximate surface area is 204 Å². The van der Waals surface area contributed by atoms with E-state index in [0.717, 1.165) is 25.7 Å². The van der Waals surface area contributed by atoms with Crippen LogP contribution in [0.3, 0.4) is 0 Å². The molecule has 2 aromatic carbocycles. The summed E-state index contributed by atoms with van der Waals surface area (Å²) in [4.78, 5) is 24.8. The van der Waals surface area contributed by atoms with Crippen LogP contribution in [0.1, 0.15) is 53.5 Å². The van der Waals surface area contributed by atoms with E-state index in [-0.39, 0.29) is 23.1 Å². The minimum atomic E-state index is -3.57. The second kappa shape index (κ2) is 10.8. The van der Waals surface area contributed by atoms with Gasteiger partial charge in [-0.3, -0.25) is 4.79 Å². The summed E-state index contributed by atoms with van der Waals surface area (Å²) < 4.78 is 33.9. The number of hydrogen-bond donors (Lipinski definition) is 1. The van der Waals surface area contributed by atoms with Gasteiger partial charge < -0.3 is 10.1 Å². The molecule has 1 aliphatic rings. The Kier molecular flexibility index (Phi) is 7.62. The van der Waals surface area contributed by atoms with Gasteiger partial charge in [0.15, 0.2) is 5.69 Å². The molecule has 0 spiro atoms. The first-order valence-electron chi connectivity index (χ1n) is 11.6. The molecular formula is C25H28N4O5S. The molecule has 0 unspecified atom stereocenters. The molecule has 9 nitrogen and oxygen atoms in total. The third kappa shape index (κ3) is 5.77. The highest BCUT2D eigenvalue weighted by Crippen LogP contribution is 2.21. The van der Waals surface area contributed by atoms with E-state index in [1.165, 1.54) is 33.3 Å². The fourth-order valence-electron chi connectivity index (χ4n) is 3.92. The monoisotopic (exact) mass is 496 g/mol. The second-order valence-electron chi connectivity index (χ2n) is 8.21. The highest BCUT2D eigenvalue weighted by Gasteiger charge is 2.25. The number of esters is 1. The zero-order valence-corrected chi connectivity index (χ0v) is 20.3. The average Bonchev–Trinajstić information content (AvgIpc) is 3.19. The van der Waals surface area contributed by atoms with Crippen LogP contribution in [0.15, 0.2) is 65.7 Å². The van der Waals surface area contributed by atoms with Crippen LogP contribution in [0.25, 0.3) is 5.69 Å². The number of rotatable bonds is 7. The van der Waals surface area contributed by atoms with E-state index < -0.39 is 16.0 Å². The highest BCUT2D eigenvalue weighted by atomic mass is 32.2. The van der Waals surface area contributed by atoms with Gasteiger partial charge in [-0.15, -0.1) is 0 Å². The van der Waals surface area contributed by atoms with E-state index in [2.05, 4.69) is 10.4 Å². The average molecular weight is 497 g/mol. The van der Waals surface area contributed by atoms with E-state index in [1.807, 2.05) is 0 Å². The largest absolute Gasteiger partial charge is 0.461 e. The molecule has 1 fully saturated rings. The molecule has 0 saturated carbocycles. The van der Waals surface area contributed by atoms with Crippen molar-refractivity contribution in [3.05, 3.63) is 72.1 Å². The number of hydrogen-bond acceptors (Lipinski definition) is 6. The fraction of sp³-hybridized carbons (Fsp3) is 0.320. The summed E-state index contributed by atoms with van der Waals surface area (Å²) in [6, 6.07) is 14.6. The molecule has 35 heavy (non-hydrogen) atoms. The summed E-state index contributed by atoms with van der Waals surface area (Å²) in [5.74, 6) is -0.870. The van der Waals surface area contributed by atoms with Gasteiger partial charge >= 0.3 is 5.97 Å². The number of ether oxygens (including phenoxy) is 1. The van der Waals surface area contributed by atoms with Gasteiger partial charge in [0.2, 0.25) is 10.0 Å². The van der Waals surface area contributed by atoms with Crippen LogP contribution >= 0.6 is 0 Å². The smallest absolute Gasteiger partial charge is 0.358 e. The Bertz CT molecular complexity index is 1290. The van der Waals surface area contributed by atoms with Crippen molar-refractivity contribution in [2.75, 3.05) is 25.0 Å². The summed E-state index contributed by atoms with van der Waals surface area (Å²) in [6.45, 7) is 3.04. The number of benzene rings is 2. The molecule has 1 N–H and O–H groups in total. The zero-order valence-electron chi connectivity index (χ0n) is 19.5. The number of nitrogens with one attached hydrogen (secondary N) is 1. The number of carbonyl (C=O) groups excluding carboxylic acids is 2. The molecule has 0 radical (unpaired) electrons. The maximum absolute atomic E-state index is 13.0. The summed E-state index contributed by atoms with van der Waals surface area (Å²) in [6.07, 6.45) is 5.44. The normalized spacial score (nSPS) is 14.8. The van der Waals surface area contributed by atoms with Crippen LogP contribution in [-0.2, 0) is 14.8 Å². The molecule has 1 amide bonds. The minimum absolute atomic E-state index is 0.189. The van der Waals surface area contributed by atoms with E-state index in [1.54, 1.807) is 43.5 Å². The Morgan fingerprint density at radius 2 is 1.71 bits per heavy atom. The van der Waals surface area contributed by atoms with Crippen LogP contribution in [0.2, 0.25) is 0 Å². The first-order valence-corrected chi connectivity index (χ1v) is 13.1. The predicted molar refractivity (Wildman–Crippen MR) is 131 cm³/mol. The van der Waals surface area contributed by atoms with E-state index in [0.29, 0.717) is 30.0 Å². The molecule has 2 heterocycles. The summed E-state index contributed by atoms with van der Waals surface area (Å²) in [7, 11) is -3.57. The van der Waals surface area contributed by atoms with Gasteiger partial charge in [-0.05, 0) is 68.3 Å². The number of aromatic nitrogens is 2. The lowest BCUT2D eigenvalue weighted by Crippen LogP contribution is -2.31. The Morgan fingerprint density at radius 3 is 2.40 bits per heavy atom. The SMILES string of the molecule is CCOC(=O)c1ccn(-c2cccc(NC(=O)c3ccc(S(=O)(=O)N4CCCCCC4)cc3)c2)n1. The molecule has 4 rings (SSSR count). The van der Waals surface area contributed by atoms with Gasteiger partial charge in [-0.2, -0.15) is 9.40 Å². The highest BCUT2D eigenvalue weighted by molar-refractivity contribution is 7.89. The standard InChI is InChI=1S/C25H28N4O5S/c1-2-34-25(31)23-14-17-29(27-23)21-9-7-8-20(18-21)26-24(30)19-10-12-22(13-11-19)35(32,33)28-15-5-3-4-6-16-28/h7-14,17-18H,2-6,15-16H2,1H3,(H,26,30). The first kappa shape index (κ1) is 24.6. The number of sulfonamides is 1. The van der Waals surface area contributed by atoms with E-state index in [9.17, 15) is 18.0 Å². The zero-order chi connectivity index (χ0) is 24.8. The van der Waals surface area contributed by atoms with Gasteiger partial charge in [0.05, 0.1) is 17.2 Å². The van der Waals surface area contributed by atoms with Crippen LogP contribution in [-0.4, -0.2) is 54.1 Å². The van der Waals surface area contributed by atoms with Gasteiger partial charge in [-0.1, -0.05) is 18.9 Å². The van der Waals surface area contributed by atoms with Crippen molar-refractivity contribution in [1.82, 2.24) is 14.1 Å².